The lowest BCUT2D eigenvalue weighted by molar-refractivity contribution is 0.475. The Bertz CT molecular complexity index is 573. The van der Waals surface area contributed by atoms with E-state index in [1.54, 1.807) is 0 Å². The van der Waals surface area contributed by atoms with E-state index in [-0.39, 0.29) is 0 Å². The minimum Gasteiger partial charge on any atom is -0.377 e. The van der Waals surface area contributed by atoms with E-state index in [4.69, 9.17) is 0 Å². The van der Waals surface area contributed by atoms with Crippen LogP contribution in [0.4, 0.5) is 5.69 Å². The van der Waals surface area contributed by atoms with E-state index >= 15 is 0 Å². The molecule has 0 spiro atoms. The van der Waals surface area contributed by atoms with Gasteiger partial charge < -0.3 is 5.32 Å². The summed E-state index contributed by atoms with van der Waals surface area (Å²) in [5.41, 5.74) is 2.69. The van der Waals surface area contributed by atoms with Crippen molar-refractivity contribution in [2.45, 2.75) is 45.1 Å². The van der Waals surface area contributed by atoms with Crippen molar-refractivity contribution in [1.29, 1.82) is 0 Å². The fourth-order valence-electron chi connectivity index (χ4n) is 3.34. The van der Waals surface area contributed by atoms with Crippen molar-refractivity contribution in [2.75, 3.05) is 5.32 Å². The number of benzene rings is 1. The summed E-state index contributed by atoms with van der Waals surface area (Å²) in [4.78, 5) is 1.48. The molecule has 2 aromatic rings. The maximum atomic E-state index is 3.86. The Kier molecular flexibility index (Phi) is 5.02. The number of anilines is 1. The smallest absolute Gasteiger partial charge is 0.0634 e. The first-order valence-electron chi connectivity index (χ1n) is 7.86. The van der Waals surface area contributed by atoms with Crippen LogP contribution in [0.25, 0.3) is 0 Å². The molecular formula is C18H22BrNS. The molecule has 1 heterocycles. The number of halogens is 1. The number of nitrogens with one attached hydrogen (secondary N) is 1. The zero-order valence-electron chi connectivity index (χ0n) is 12.4. The van der Waals surface area contributed by atoms with Gasteiger partial charge in [0.1, 0.15) is 0 Å². The highest BCUT2D eigenvalue weighted by atomic mass is 79.9. The van der Waals surface area contributed by atoms with Crippen molar-refractivity contribution in [3.63, 3.8) is 0 Å². The van der Waals surface area contributed by atoms with Crippen LogP contribution < -0.4 is 5.32 Å². The molecule has 0 radical (unpaired) electrons. The molecule has 3 heteroatoms. The normalized spacial score (nSPS) is 17.0. The standard InChI is InChI=1S/C18H22BrNS/c1-2-13-12-15(19)9-10-16(13)20-18(14-6-3-4-7-14)17-8-5-11-21-17/h5,8-12,14,18,20H,2-4,6-7H2,1H3. The number of thiophene rings is 1. The minimum atomic E-state index is 0.471. The Labute approximate surface area is 139 Å². The van der Waals surface area contributed by atoms with Gasteiger partial charge in [0.15, 0.2) is 0 Å². The van der Waals surface area contributed by atoms with Gasteiger partial charge in [-0.05, 0) is 60.4 Å². The van der Waals surface area contributed by atoms with E-state index in [1.165, 1.54) is 46.3 Å². The van der Waals surface area contributed by atoms with Crippen molar-refractivity contribution in [1.82, 2.24) is 0 Å². The van der Waals surface area contributed by atoms with Crippen molar-refractivity contribution >= 4 is 33.0 Å². The molecule has 1 nitrogen and oxygen atoms in total. The van der Waals surface area contributed by atoms with E-state index in [0.29, 0.717) is 6.04 Å². The van der Waals surface area contributed by atoms with Crippen LogP contribution in [-0.2, 0) is 6.42 Å². The molecule has 3 rings (SSSR count). The molecule has 1 aromatic heterocycles. The van der Waals surface area contributed by atoms with Gasteiger partial charge in [-0.1, -0.05) is 41.8 Å². The molecule has 0 bridgehead atoms. The second kappa shape index (κ2) is 6.97. The Balaban J connectivity index is 1.87. The molecule has 1 fully saturated rings. The highest BCUT2D eigenvalue weighted by molar-refractivity contribution is 9.10. The van der Waals surface area contributed by atoms with Crippen molar-refractivity contribution in [3.8, 4) is 0 Å². The summed E-state index contributed by atoms with van der Waals surface area (Å²) in [5, 5.41) is 6.06. The van der Waals surface area contributed by atoms with E-state index in [1.807, 2.05) is 11.3 Å². The third-order valence-electron chi connectivity index (χ3n) is 4.48. The summed E-state index contributed by atoms with van der Waals surface area (Å²) in [6, 6.07) is 11.5. The van der Waals surface area contributed by atoms with Gasteiger partial charge in [-0.25, -0.2) is 0 Å². The van der Waals surface area contributed by atoms with Gasteiger partial charge in [0.05, 0.1) is 6.04 Å². The minimum absolute atomic E-state index is 0.471. The second-order valence-corrected chi connectivity index (χ2v) is 7.73. The monoisotopic (exact) mass is 363 g/mol. The molecule has 1 atom stereocenters. The summed E-state index contributed by atoms with van der Waals surface area (Å²) in [5.74, 6) is 0.775. The topological polar surface area (TPSA) is 12.0 Å². The average Bonchev–Trinajstić information content (AvgIpc) is 3.19. The van der Waals surface area contributed by atoms with Crippen molar-refractivity contribution in [3.05, 3.63) is 50.6 Å². The zero-order chi connectivity index (χ0) is 14.7. The predicted molar refractivity (Wildman–Crippen MR) is 96.2 cm³/mol. The molecule has 0 saturated heterocycles. The Morgan fingerprint density at radius 3 is 2.76 bits per heavy atom. The van der Waals surface area contributed by atoms with Crippen LogP contribution in [0.2, 0.25) is 0 Å². The molecule has 1 saturated carbocycles. The quantitative estimate of drug-likeness (QED) is 0.646. The van der Waals surface area contributed by atoms with Crippen LogP contribution in [-0.4, -0.2) is 0 Å². The predicted octanol–water partition coefficient (Wildman–Crippen LogP) is 6.42. The number of rotatable bonds is 5. The molecule has 21 heavy (non-hydrogen) atoms. The van der Waals surface area contributed by atoms with E-state index < -0.39 is 0 Å². The fraction of sp³-hybridized carbons (Fsp3) is 0.444. The maximum Gasteiger partial charge on any atom is 0.0634 e. The van der Waals surface area contributed by atoms with Gasteiger partial charge >= 0.3 is 0 Å². The third-order valence-corrected chi connectivity index (χ3v) is 5.93. The molecule has 1 aliphatic carbocycles. The second-order valence-electron chi connectivity index (χ2n) is 5.84. The van der Waals surface area contributed by atoms with Gasteiger partial charge in [0.25, 0.3) is 0 Å². The molecule has 1 aliphatic rings. The average molecular weight is 364 g/mol. The fourth-order valence-corrected chi connectivity index (χ4v) is 4.62. The van der Waals surface area contributed by atoms with E-state index in [9.17, 15) is 0 Å². The first-order valence-corrected chi connectivity index (χ1v) is 9.53. The summed E-state index contributed by atoms with van der Waals surface area (Å²) in [6.45, 7) is 2.22. The number of aryl methyl sites for hydroxylation is 1. The lowest BCUT2D eigenvalue weighted by atomic mass is 9.96. The van der Waals surface area contributed by atoms with Crippen LogP contribution in [0.1, 0.15) is 49.1 Å². The highest BCUT2D eigenvalue weighted by Crippen LogP contribution is 2.40. The number of hydrogen-bond acceptors (Lipinski definition) is 2. The van der Waals surface area contributed by atoms with Crippen LogP contribution in [0.5, 0.6) is 0 Å². The summed E-state index contributed by atoms with van der Waals surface area (Å²) in [7, 11) is 0. The summed E-state index contributed by atoms with van der Waals surface area (Å²) in [6.07, 6.45) is 6.54. The van der Waals surface area contributed by atoms with Gasteiger partial charge in [-0.15, -0.1) is 11.3 Å². The molecule has 1 unspecified atom stereocenters. The lowest BCUT2D eigenvalue weighted by Crippen LogP contribution is -2.18. The van der Waals surface area contributed by atoms with Crippen molar-refractivity contribution < 1.29 is 0 Å². The first-order chi connectivity index (χ1) is 10.3. The van der Waals surface area contributed by atoms with Gasteiger partial charge in [0, 0.05) is 15.0 Å². The Morgan fingerprint density at radius 2 is 2.10 bits per heavy atom. The molecular weight excluding hydrogens is 342 g/mol. The Morgan fingerprint density at radius 1 is 1.29 bits per heavy atom. The number of hydrogen-bond donors (Lipinski definition) is 1. The van der Waals surface area contributed by atoms with Crippen molar-refractivity contribution in [2.24, 2.45) is 5.92 Å². The molecule has 1 aromatic carbocycles. The van der Waals surface area contributed by atoms with Gasteiger partial charge in [-0.3, -0.25) is 0 Å². The molecule has 1 N–H and O–H groups in total. The SMILES string of the molecule is CCc1cc(Br)ccc1NC(c1cccs1)C1CCCC1. The molecule has 112 valence electrons. The molecule has 0 aliphatic heterocycles. The third kappa shape index (κ3) is 3.51. The lowest BCUT2D eigenvalue weighted by Gasteiger charge is -2.26. The van der Waals surface area contributed by atoms with Crippen LogP contribution in [0, 0.1) is 5.92 Å². The van der Waals surface area contributed by atoms with Gasteiger partial charge in [-0.2, -0.15) is 0 Å². The first kappa shape index (κ1) is 15.1. The Hall–Kier alpha value is -0.800. The summed E-state index contributed by atoms with van der Waals surface area (Å²) < 4.78 is 1.17. The van der Waals surface area contributed by atoms with Crippen LogP contribution in [0.15, 0.2) is 40.2 Å². The summed E-state index contributed by atoms with van der Waals surface area (Å²) >= 11 is 5.46. The largest absolute Gasteiger partial charge is 0.377 e. The zero-order valence-corrected chi connectivity index (χ0v) is 14.8. The van der Waals surface area contributed by atoms with Crippen LogP contribution in [0.3, 0.4) is 0 Å². The van der Waals surface area contributed by atoms with Gasteiger partial charge in [0.2, 0.25) is 0 Å². The van der Waals surface area contributed by atoms with E-state index in [2.05, 4.69) is 63.9 Å². The van der Waals surface area contributed by atoms with E-state index in [0.717, 1.165) is 12.3 Å². The van der Waals surface area contributed by atoms with Crippen LogP contribution >= 0.6 is 27.3 Å². The highest BCUT2D eigenvalue weighted by Gasteiger charge is 2.27. The maximum absolute atomic E-state index is 3.86. The molecule has 0 amide bonds.